The summed E-state index contributed by atoms with van der Waals surface area (Å²) < 4.78 is 0. The van der Waals surface area contributed by atoms with Crippen molar-refractivity contribution in [3.8, 4) is 5.75 Å². The first-order valence-corrected chi connectivity index (χ1v) is 6.62. The van der Waals surface area contributed by atoms with Gasteiger partial charge in [0.25, 0.3) is 0 Å². The summed E-state index contributed by atoms with van der Waals surface area (Å²) in [7, 11) is 0. The smallest absolute Gasteiger partial charge is 0.115 e. The third kappa shape index (κ3) is 2.81. The number of phenols is 1. The maximum atomic E-state index is 9.55. The molecule has 3 unspecified atom stereocenters. The number of aromatic hydroxyl groups is 1. The summed E-state index contributed by atoms with van der Waals surface area (Å²) in [6, 6.07) is 8.68. The van der Waals surface area contributed by atoms with Gasteiger partial charge >= 0.3 is 0 Å². The lowest BCUT2D eigenvalue weighted by atomic mass is 9.91. The predicted molar refractivity (Wildman–Crippen MR) is 71.1 cm³/mol. The molecular weight excluding hydrogens is 210 g/mol. The van der Waals surface area contributed by atoms with Crippen molar-refractivity contribution in [3.63, 3.8) is 0 Å². The van der Waals surface area contributed by atoms with E-state index in [9.17, 15) is 5.11 Å². The maximum absolute atomic E-state index is 9.55. The summed E-state index contributed by atoms with van der Waals surface area (Å²) >= 11 is 0. The lowest BCUT2D eigenvalue weighted by Crippen LogP contribution is -2.41. The monoisotopic (exact) mass is 233 g/mol. The lowest BCUT2D eigenvalue weighted by molar-refractivity contribution is 0.0893. The largest absolute Gasteiger partial charge is 0.508 e. The Balaban J connectivity index is 2.12. The minimum absolute atomic E-state index is 0.368. The minimum atomic E-state index is 0.368. The quantitative estimate of drug-likeness (QED) is 0.844. The Morgan fingerprint density at radius 3 is 2.76 bits per heavy atom. The Morgan fingerprint density at radius 1 is 1.35 bits per heavy atom. The highest BCUT2D eigenvalue weighted by Crippen LogP contribution is 2.31. The molecule has 1 aromatic carbocycles. The Bertz CT molecular complexity index is 377. The van der Waals surface area contributed by atoms with E-state index in [1.807, 2.05) is 12.1 Å². The molecule has 1 heterocycles. The molecule has 0 aliphatic carbocycles. The van der Waals surface area contributed by atoms with Crippen molar-refractivity contribution in [1.29, 1.82) is 0 Å². The topological polar surface area (TPSA) is 23.5 Å². The summed E-state index contributed by atoms with van der Waals surface area (Å²) in [6.07, 6.45) is 2.57. The van der Waals surface area contributed by atoms with Crippen molar-refractivity contribution >= 4 is 0 Å². The number of nitrogens with zero attached hydrogens (tertiary/aromatic N) is 1. The van der Waals surface area contributed by atoms with Crippen LogP contribution in [0.4, 0.5) is 0 Å². The van der Waals surface area contributed by atoms with Crippen LogP contribution in [0.3, 0.4) is 0 Å². The molecule has 17 heavy (non-hydrogen) atoms. The third-order valence-electron chi connectivity index (χ3n) is 4.04. The molecule has 2 rings (SSSR count). The van der Waals surface area contributed by atoms with Crippen molar-refractivity contribution in [1.82, 2.24) is 4.90 Å². The Hall–Kier alpha value is -1.02. The van der Waals surface area contributed by atoms with Gasteiger partial charge < -0.3 is 5.11 Å². The second kappa shape index (κ2) is 5.09. The molecule has 94 valence electrons. The van der Waals surface area contributed by atoms with Crippen LogP contribution >= 0.6 is 0 Å². The van der Waals surface area contributed by atoms with Gasteiger partial charge in [-0.25, -0.2) is 0 Å². The zero-order valence-corrected chi connectivity index (χ0v) is 11.1. The second-order valence-electron chi connectivity index (χ2n) is 5.49. The van der Waals surface area contributed by atoms with Crippen molar-refractivity contribution in [3.05, 3.63) is 29.8 Å². The molecule has 0 aromatic heterocycles. The molecule has 0 spiro atoms. The Kier molecular flexibility index (Phi) is 3.72. The van der Waals surface area contributed by atoms with Crippen LogP contribution < -0.4 is 0 Å². The summed E-state index contributed by atoms with van der Waals surface area (Å²) in [6.45, 7) is 8.06. The van der Waals surface area contributed by atoms with Crippen molar-refractivity contribution in [2.45, 2.75) is 45.7 Å². The van der Waals surface area contributed by atoms with Crippen LogP contribution in [0.5, 0.6) is 5.75 Å². The van der Waals surface area contributed by atoms with E-state index in [4.69, 9.17) is 0 Å². The van der Waals surface area contributed by atoms with Gasteiger partial charge in [-0.1, -0.05) is 19.1 Å². The zero-order chi connectivity index (χ0) is 12.4. The van der Waals surface area contributed by atoms with Crippen LogP contribution in [0.1, 0.15) is 45.2 Å². The van der Waals surface area contributed by atoms with Crippen molar-refractivity contribution < 1.29 is 5.11 Å². The van der Waals surface area contributed by atoms with Gasteiger partial charge in [0.15, 0.2) is 0 Å². The fraction of sp³-hybridized carbons (Fsp3) is 0.600. The van der Waals surface area contributed by atoms with E-state index in [2.05, 4.69) is 31.7 Å². The van der Waals surface area contributed by atoms with Gasteiger partial charge in [-0.3, -0.25) is 4.90 Å². The normalized spacial score (nSPS) is 27.9. The molecule has 0 bridgehead atoms. The van der Waals surface area contributed by atoms with E-state index in [-0.39, 0.29) is 0 Å². The summed E-state index contributed by atoms with van der Waals surface area (Å²) in [5.41, 5.74) is 1.21. The Morgan fingerprint density at radius 2 is 2.12 bits per heavy atom. The molecular formula is C15H23NO. The number of likely N-dealkylation sites (tertiary alicyclic amines) is 1. The fourth-order valence-corrected chi connectivity index (χ4v) is 2.98. The van der Waals surface area contributed by atoms with Gasteiger partial charge in [0, 0.05) is 12.1 Å². The molecule has 0 radical (unpaired) electrons. The van der Waals surface area contributed by atoms with E-state index in [1.54, 1.807) is 6.07 Å². The van der Waals surface area contributed by atoms with Gasteiger partial charge in [-0.05, 0) is 56.8 Å². The van der Waals surface area contributed by atoms with Crippen molar-refractivity contribution in [2.24, 2.45) is 5.92 Å². The number of piperidine rings is 1. The number of rotatable bonds is 2. The number of hydrogen-bond donors (Lipinski definition) is 1. The average Bonchev–Trinajstić information content (AvgIpc) is 2.28. The third-order valence-corrected chi connectivity index (χ3v) is 4.04. The number of benzene rings is 1. The van der Waals surface area contributed by atoms with Gasteiger partial charge in [0.2, 0.25) is 0 Å². The molecule has 1 fully saturated rings. The minimum Gasteiger partial charge on any atom is -0.508 e. The molecule has 1 aromatic rings. The van der Waals surface area contributed by atoms with Gasteiger partial charge in [0.05, 0.1) is 0 Å². The molecule has 3 atom stereocenters. The average molecular weight is 233 g/mol. The highest BCUT2D eigenvalue weighted by molar-refractivity contribution is 5.29. The first kappa shape index (κ1) is 12.4. The van der Waals surface area contributed by atoms with Crippen LogP contribution in [0.15, 0.2) is 24.3 Å². The van der Waals surface area contributed by atoms with Crippen LogP contribution in [0, 0.1) is 5.92 Å². The standard InChI is InChI=1S/C15H23NO/c1-11-7-8-16(12(2)9-11)13(3)14-5-4-6-15(17)10-14/h4-6,10-13,17H,7-9H2,1-3H3. The molecule has 2 nitrogen and oxygen atoms in total. The number of phenolic OH excluding ortho intramolecular Hbond substituents is 1. The van der Waals surface area contributed by atoms with E-state index in [0.717, 1.165) is 5.92 Å². The van der Waals surface area contributed by atoms with E-state index in [1.165, 1.54) is 24.9 Å². The van der Waals surface area contributed by atoms with Crippen molar-refractivity contribution in [2.75, 3.05) is 6.54 Å². The van der Waals surface area contributed by atoms with Crippen LogP contribution in [0.2, 0.25) is 0 Å². The maximum Gasteiger partial charge on any atom is 0.115 e. The van der Waals surface area contributed by atoms with Crippen LogP contribution in [-0.2, 0) is 0 Å². The number of hydrogen-bond acceptors (Lipinski definition) is 2. The molecule has 0 saturated carbocycles. The van der Waals surface area contributed by atoms with Crippen LogP contribution in [-0.4, -0.2) is 22.6 Å². The highest BCUT2D eigenvalue weighted by atomic mass is 16.3. The molecule has 1 N–H and O–H groups in total. The first-order valence-electron chi connectivity index (χ1n) is 6.62. The summed E-state index contributed by atoms with van der Waals surface area (Å²) in [4.78, 5) is 2.55. The van der Waals surface area contributed by atoms with Gasteiger partial charge in [-0.2, -0.15) is 0 Å². The van der Waals surface area contributed by atoms with Gasteiger partial charge in [-0.15, -0.1) is 0 Å². The summed E-state index contributed by atoms with van der Waals surface area (Å²) in [5.74, 6) is 1.21. The molecule has 1 saturated heterocycles. The van der Waals surface area contributed by atoms with Gasteiger partial charge in [0.1, 0.15) is 5.75 Å². The first-order chi connectivity index (χ1) is 8.08. The molecule has 0 amide bonds. The molecule has 1 aliphatic rings. The fourth-order valence-electron chi connectivity index (χ4n) is 2.98. The van der Waals surface area contributed by atoms with E-state index >= 15 is 0 Å². The lowest BCUT2D eigenvalue weighted by Gasteiger charge is -2.40. The van der Waals surface area contributed by atoms with E-state index in [0.29, 0.717) is 17.8 Å². The Labute approximate surface area is 104 Å². The summed E-state index contributed by atoms with van der Waals surface area (Å²) in [5, 5.41) is 9.55. The zero-order valence-electron chi connectivity index (χ0n) is 11.1. The second-order valence-corrected chi connectivity index (χ2v) is 5.49. The molecule has 2 heteroatoms. The molecule has 1 aliphatic heterocycles. The predicted octanol–water partition coefficient (Wildman–Crippen LogP) is 3.57. The van der Waals surface area contributed by atoms with E-state index < -0.39 is 0 Å². The highest BCUT2D eigenvalue weighted by Gasteiger charge is 2.27. The SMILES string of the molecule is CC1CCN(C(C)c2cccc(O)c2)C(C)C1. The van der Waals surface area contributed by atoms with Crippen LogP contribution in [0.25, 0.3) is 0 Å².